The molecule has 0 aliphatic carbocycles. The van der Waals surface area contributed by atoms with Gasteiger partial charge in [-0.3, -0.25) is 4.79 Å². The van der Waals surface area contributed by atoms with Gasteiger partial charge >= 0.3 is 0 Å². The van der Waals surface area contributed by atoms with Crippen molar-refractivity contribution in [2.45, 2.75) is 20.4 Å². The SMILES string of the molecule is COc1ccccc1-c1[nH]c2ccc(CNC(=O)c3cncnc3C)cc2c1C. The Balaban J connectivity index is 1.61. The highest BCUT2D eigenvalue weighted by Crippen LogP contribution is 2.35. The van der Waals surface area contributed by atoms with Crippen molar-refractivity contribution in [3.8, 4) is 17.0 Å². The number of hydrogen-bond donors (Lipinski definition) is 2. The number of benzene rings is 2. The molecule has 1 amide bonds. The van der Waals surface area contributed by atoms with Crippen molar-refractivity contribution >= 4 is 16.8 Å². The molecule has 2 heterocycles. The van der Waals surface area contributed by atoms with Crippen molar-refractivity contribution in [2.75, 3.05) is 7.11 Å². The first-order valence-corrected chi connectivity index (χ1v) is 9.38. The summed E-state index contributed by atoms with van der Waals surface area (Å²) in [5.41, 5.74) is 6.43. The first kappa shape index (κ1) is 18.7. The van der Waals surface area contributed by atoms with Gasteiger partial charge < -0.3 is 15.0 Å². The van der Waals surface area contributed by atoms with Crippen LogP contribution in [0, 0.1) is 13.8 Å². The molecule has 0 atom stereocenters. The monoisotopic (exact) mass is 386 g/mol. The molecule has 0 unspecified atom stereocenters. The van der Waals surface area contributed by atoms with E-state index in [2.05, 4.69) is 33.3 Å². The van der Waals surface area contributed by atoms with Crippen LogP contribution >= 0.6 is 0 Å². The largest absolute Gasteiger partial charge is 0.496 e. The Hall–Kier alpha value is -3.67. The normalized spacial score (nSPS) is 10.9. The first-order valence-electron chi connectivity index (χ1n) is 9.38. The molecule has 0 spiro atoms. The molecule has 0 fully saturated rings. The van der Waals surface area contributed by atoms with Crippen LogP contribution in [0.15, 0.2) is 55.0 Å². The Morgan fingerprint density at radius 3 is 2.79 bits per heavy atom. The minimum atomic E-state index is -0.177. The van der Waals surface area contributed by atoms with Crippen LogP contribution in [0.2, 0.25) is 0 Å². The molecule has 6 heteroatoms. The van der Waals surface area contributed by atoms with E-state index in [-0.39, 0.29) is 5.91 Å². The predicted octanol–water partition coefficient (Wildman–Crippen LogP) is 4.18. The summed E-state index contributed by atoms with van der Waals surface area (Å²) in [5.74, 6) is 0.652. The minimum Gasteiger partial charge on any atom is -0.496 e. The number of fused-ring (bicyclic) bond motifs is 1. The van der Waals surface area contributed by atoms with E-state index in [1.54, 1.807) is 14.0 Å². The Kier molecular flexibility index (Phi) is 4.99. The van der Waals surface area contributed by atoms with E-state index in [4.69, 9.17) is 4.74 Å². The first-order chi connectivity index (χ1) is 14.1. The second-order valence-electron chi connectivity index (χ2n) is 6.91. The van der Waals surface area contributed by atoms with Crippen LogP contribution in [0.25, 0.3) is 22.2 Å². The Labute approximate surface area is 169 Å². The number of aryl methyl sites for hydroxylation is 2. The van der Waals surface area contributed by atoms with E-state index in [1.165, 1.54) is 12.5 Å². The summed E-state index contributed by atoms with van der Waals surface area (Å²) >= 11 is 0. The number of carbonyl (C=O) groups excluding carboxylic acids is 1. The van der Waals surface area contributed by atoms with E-state index in [1.807, 2.05) is 36.4 Å². The van der Waals surface area contributed by atoms with E-state index >= 15 is 0 Å². The number of amides is 1. The summed E-state index contributed by atoms with van der Waals surface area (Å²) in [7, 11) is 1.68. The summed E-state index contributed by atoms with van der Waals surface area (Å²) in [4.78, 5) is 23.9. The second-order valence-corrected chi connectivity index (χ2v) is 6.91. The average Bonchev–Trinajstić information content (AvgIpc) is 3.08. The molecular weight excluding hydrogens is 364 g/mol. The van der Waals surface area contributed by atoms with E-state index < -0.39 is 0 Å². The molecule has 0 radical (unpaired) electrons. The van der Waals surface area contributed by atoms with Gasteiger partial charge in [-0.1, -0.05) is 18.2 Å². The molecular formula is C23H22N4O2. The number of carbonyl (C=O) groups is 1. The van der Waals surface area contributed by atoms with Gasteiger partial charge in [-0.2, -0.15) is 0 Å². The molecule has 0 saturated carbocycles. The number of para-hydroxylation sites is 1. The fourth-order valence-corrected chi connectivity index (χ4v) is 3.50. The molecule has 146 valence electrons. The van der Waals surface area contributed by atoms with E-state index in [0.717, 1.165) is 39.0 Å². The molecule has 29 heavy (non-hydrogen) atoms. The standard InChI is InChI=1S/C23H22N4O2/c1-14-18-10-16(11-25-23(28)19-12-24-13-26-15(19)2)8-9-20(18)27-22(14)17-6-4-5-7-21(17)29-3/h4-10,12-13,27H,11H2,1-3H3,(H,25,28). The Bertz CT molecular complexity index is 1200. The zero-order chi connectivity index (χ0) is 20.4. The van der Waals surface area contributed by atoms with Crippen LogP contribution in [0.5, 0.6) is 5.75 Å². The molecule has 0 aliphatic heterocycles. The molecule has 0 aliphatic rings. The third kappa shape index (κ3) is 3.57. The lowest BCUT2D eigenvalue weighted by Crippen LogP contribution is -2.24. The second kappa shape index (κ2) is 7.75. The number of nitrogens with one attached hydrogen (secondary N) is 2. The van der Waals surface area contributed by atoms with Gasteiger partial charge in [-0.25, -0.2) is 9.97 Å². The molecule has 4 rings (SSSR count). The van der Waals surface area contributed by atoms with Gasteiger partial charge in [0.15, 0.2) is 0 Å². The number of aromatic nitrogens is 3. The Morgan fingerprint density at radius 2 is 2.00 bits per heavy atom. The average molecular weight is 386 g/mol. The van der Waals surface area contributed by atoms with Crippen molar-refractivity contribution in [1.29, 1.82) is 0 Å². The molecule has 0 saturated heterocycles. The summed E-state index contributed by atoms with van der Waals surface area (Å²) in [6, 6.07) is 14.1. The lowest BCUT2D eigenvalue weighted by atomic mass is 10.0. The van der Waals surface area contributed by atoms with Gasteiger partial charge in [0.05, 0.1) is 24.1 Å². The number of ether oxygens (including phenoxy) is 1. The number of rotatable bonds is 5. The van der Waals surface area contributed by atoms with Crippen molar-refractivity contribution in [1.82, 2.24) is 20.3 Å². The summed E-state index contributed by atoms with van der Waals surface area (Å²) in [5, 5.41) is 4.07. The minimum absolute atomic E-state index is 0.177. The van der Waals surface area contributed by atoms with Gasteiger partial charge in [0, 0.05) is 29.2 Å². The van der Waals surface area contributed by atoms with Crippen molar-refractivity contribution < 1.29 is 9.53 Å². The number of methoxy groups -OCH3 is 1. The van der Waals surface area contributed by atoms with E-state index in [9.17, 15) is 4.79 Å². The summed E-state index contributed by atoms with van der Waals surface area (Å²) < 4.78 is 5.51. The maximum Gasteiger partial charge on any atom is 0.254 e. The number of hydrogen-bond acceptors (Lipinski definition) is 4. The van der Waals surface area contributed by atoms with Gasteiger partial charge in [0.25, 0.3) is 5.91 Å². The van der Waals surface area contributed by atoms with Gasteiger partial charge in [0.2, 0.25) is 0 Å². The van der Waals surface area contributed by atoms with Gasteiger partial charge in [0.1, 0.15) is 12.1 Å². The molecule has 2 aromatic carbocycles. The lowest BCUT2D eigenvalue weighted by Gasteiger charge is -2.08. The molecule has 2 N–H and O–H groups in total. The maximum atomic E-state index is 12.4. The number of H-pyrrole nitrogens is 1. The fourth-order valence-electron chi connectivity index (χ4n) is 3.50. The van der Waals surface area contributed by atoms with Crippen LogP contribution < -0.4 is 10.1 Å². The predicted molar refractivity (Wildman–Crippen MR) is 113 cm³/mol. The zero-order valence-corrected chi connectivity index (χ0v) is 16.6. The smallest absolute Gasteiger partial charge is 0.254 e. The third-order valence-corrected chi connectivity index (χ3v) is 5.11. The molecule has 4 aromatic rings. The summed E-state index contributed by atoms with van der Waals surface area (Å²) in [6.45, 7) is 4.32. The van der Waals surface area contributed by atoms with Crippen molar-refractivity contribution in [3.63, 3.8) is 0 Å². The van der Waals surface area contributed by atoms with Crippen LogP contribution in [0.1, 0.15) is 27.2 Å². The van der Waals surface area contributed by atoms with Crippen molar-refractivity contribution in [3.05, 3.63) is 77.4 Å². The van der Waals surface area contributed by atoms with Crippen LogP contribution in [0.3, 0.4) is 0 Å². The molecule has 2 aromatic heterocycles. The van der Waals surface area contributed by atoms with Gasteiger partial charge in [-0.05, 0) is 49.2 Å². The fraction of sp³-hybridized carbons (Fsp3) is 0.174. The van der Waals surface area contributed by atoms with Crippen molar-refractivity contribution in [2.24, 2.45) is 0 Å². The number of aromatic amines is 1. The molecule has 0 bridgehead atoms. The number of nitrogens with zero attached hydrogens (tertiary/aromatic N) is 2. The highest BCUT2D eigenvalue weighted by molar-refractivity contribution is 5.95. The Morgan fingerprint density at radius 1 is 1.17 bits per heavy atom. The lowest BCUT2D eigenvalue weighted by molar-refractivity contribution is 0.0949. The topological polar surface area (TPSA) is 79.9 Å². The van der Waals surface area contributed by atoms with Crippen LogP contribution in [-0.4, -0.2) is 28.0 Å². The maximum absolute atomic E-state index is 12.4. The summed E-state index contributed by atoms with van der Waals surface area (Å²) in [6.07, 6.45) is 2.98. The quantitative estimate of drug-likeness (QED) is 0.539. The van der Waals surface area contributed by atoms with Crippen LogP contribution in [-0.2, 0) is 6.54 Å². The molecule has 6 nitrogen and oxygen atoms in total. The van der Waals surface area contributed by atoms with E-state index in [0.29, 0.717) is 17.8 Å². The third-order valence-electron chi connectivity index (χ3n) is 5.11. The zero-order valence-electron chi connectivity index (χ0n) is 16.6. The highest BCUT2D eigenvalue weighted by atomic mass is 16.5. The van der Waals surface area contributed by atoms with Crippen LogP contribution in [0.4, 0.5) is 0 Å². The highest BCUT2D eigenvalue weighted by Gasteiger charge is 2.14. The van der Waals surface area contributed by atoms with Gasteiger partial charge in [-0.15, -0.1) is 0 Å².